The van der Waals surface area contributed by atoms with E-state index in [0.717, 1.165) is 6.42 Å². The molecule has 0 aliphatic heterocycles. The Bertz CT molecular complexity index is 307. The van der Waals surface area contributed by atoms with E-state index >= 15 is 0 Å². The van der Waals surface area contributed by atoms with Crippen LogP contribution in [-0.2, 0) is 5.41 Å². The summed E-state index contributed by atoms with van der Waals surface area (Å²) >= 11 is 1.80. The smallest absolute Gasteiger partial charge is 0.0392 e. The van der Waals surface area contributed by atoms with Crippen molar-refractivity contribution in [3.8, 4) is 0 Å². The summed E-state index contributed by atoms with van der Waals surface area (Å²) in [7, 11) is 0. The predicted octanol–water partition coefficient (Wildman–Crippen LogP) is 4.09. The second-order valence-electron chi connectivity index (χ2n) is 5.72. The van der Waals surface area contributed by atoms with Gasteiger partial charge in [0.25, 0.3) is 0 Å². The van der Waals surface area contributed by atoms with E-state index in [9.17, 15) is 0 Å². The fourth-order valence-electron chi connectivity index (χ4n) is 1.56. The first-order chi connectivity index (χ1) is 6.80. The van der Waals surface area contributed by atoms with Crippen LogP contribution in [0.25, 0.3) is 0 Å². The van der Waals surface area contributed by atoms with E-state index in [2.05, 4.69) is 46.1 Å². The Balaban J connectivity index is 2.76. The highest BCUT2D eigenvalue weighted by Gasteiger charge is 2.18. The van der Waals surface area contributed by atoms with Crippen LogP contribution in [-0.4, -0.2) is 0 Å². The van der Waals surface area contributed by atoms with Gasteiger partial charge < -0.3 is 5.73 Å². The van der Waals surface area contributed by atoms with E-state index in [0.29, 0.717) is 5.92 Å². The van der Waals surface area contributed by atoms with Crippen molar-refractivity contribution in [1.29, 1.82) is 0 Å². The fourth-order valence-corrected chi connectivity index (χ4v) is 2.72. The van der Waals surface area contributed by atoms with E-state index in [1.54, 1.807) is 11.3 Å². The third kappa shape index (κ3) is 3.62. The summed E-state index contributed by atoms with van der Waals surface area (Å²) in [5.74, 6) is 0.667. The summed E-state index contributed by atoms with van der Waals surface area (Å²) in [5.41, 5.74) is 7.81. The number of hydrogen-bond donors (Lipinski definition) is 1. The second-order valence-corrected chi connectivity index (χ2v) is 6.67. The van der Waals surface area contributed by atoms with Gasteiger partial charge in [-0.25, -0.2) is 0 Å². The molecule has 0 bridgehead atoms. The molecule has 15 heavy (non-hydrogen) atoms. The predicted molar refractivity (Wildman–Crippen MR) is 69.4 cm³/mol. The van der Waals surface area contributed by atoms with E-state index in [1.807, 2.05) is 0 Å². The minimum atomic E-state index is 0.214. The lowest BCUT2D eigenvalue weighted by Gasteiger charge is -2.16. The zero-order chi connectivity index (χ0) is 11.6. The van der Waals surface area contributed by atoms with Gasteiger partial charge in [0.05, 0.1) is 0 Å². The lowest BCUT2D eigenvalue weighted by Crippen LogP contribution is -2.12. The maximum absolute atomic E-state index is 6.16. The maximum Gasteiger partial charge on any atom is 0.0392 e. The number of thiophene rings is 1. The molecule has 1 atom stereocenters. The molecule has 0 fully saturated rings. The molecular formula is C13H23NS. The zero-order valence-electron chi connectivity index (χ0n) is 10.5. The average molecular weight is 225 g/mol. The van der Waals surface area contributed by atoms with Gasteiger partial charge in [-0.1, -0.05) is 34.6 Å². The molecule has 2 N–H and O–H groups in total. The molecule has 1 nitrogen and oxygen atoms in total. The fraction of sp³-hybridized carbons (Fsp3) is 0.692. The highest BCUT2D eigenvalue weighted by molar-refractivity contribution is 7.10. The second kappa shape index (κ2) is 4.67. The molecule has 1 unspecified atom stereocenters. The van der Waals surface area contributed by atoms with E-state index < -0.39 is 0 Å². The first-order valence-electron chi connectivity index (χ1n) is 5.65. The van der Waals surface area contributed by atoms with Gasteiger partial charge in [0.2, 0.25) is 0 Å². The van der Waals surface area contributed by atoms with Gasteiger partial charge in [0, 0.05) is 10.9 Å². The Morgan fingerprint density at radius 3 is 2.33 bits per heavy atom. The SMILES string of the molecule is CC(C)CC(N)c1cc(C(C)(C)C)cs1. The molecule has 0 saturated heterocycles. The van der Waals surface area contributed by atoms with Crippen molar-refractivity contribution in [2.75, 3.05) is 0 Å². The molecule has 1 rings (SSSR count). The third-order valence-corrected chi connectivity index (χ3v) is 3.64. The Morgan fingerprint density at radius 2 is 1.93 bits per heavy atom. The Morgan fingerprint density at radius 1 is 1.33 bits per heavy atom. The van der Waals surface area contributed by atoms with Gasteiger partial charge in [0.1, 0.15) is 0 Å². The number of rotatable bonds is 3. The topological polar surface area (TPSA) is 26.0 Å². The van der Waals surface area contributed by atoms with Crippen LogP contribution in [0.3, 0.4) is 0 Å². The van der Waals surface area contributed by atoms with Crippen molar-refractivity contribution in [2.24, 2.45) is 11.7 Å². The van der Waals surface area contributed by atoms with Crippen molar-refractivity contribution in [3.63, 3.8) is 0 Å². The average Bonchev–Trinajstić information content (AvgIpc) is 2.48. The van der Waals surface area contributed by atoms with E-state index in [-0.39, 0.29) is 11.5 Å². The molecule has 86 valence electrons. The van der Waals surface area contributed by atoms with Crippen molar-refractivity contribution >= 4 is 11.3 Å². The third-order valence-electron chi connectivity index (χ3n) is 2.58. The summed E-state index contributed by atoms with van der Waals surface area (Å²) in [6.45, 7) is 11.2. The van der Waals surface area contributed by atoms with Gasteiger partial charge >= 0.3 is 0 Å². The Hall–Kier alpha value is -0.340. The monoisotopic (exact) mass is 225 g/mol. The molecule has 2 heteroatoms. The molecule has 0 saturated carbocycles. The van der Waals surface area contributed by atoms with Crippen LogP contribution >= 0.6 is 11.3 Å². The quantitative estimate of drug-likeness (QED) is 0.823. The van der Waals surface area contributed by atoms with Crippen LogP contribution in [0.2, 0.25) is 0 Å². The summed E-state index contributed by atoms with van der Waals surface area (Å²) in [4.78, 5) is 1.33. The molecule has 0 aliphatic rings. The number of hydrogen-bond acceptors (Lipinski definition) is 2. The summed E-state index contributed by atoms with van der Waals surface area (Å²) in [5, 5.41) is 2.25. The van der Waals surface area contributed by atoms with Crippen molar-refractivity contribution in [1.82, 2.24) is 0 Å². The molecule has 0 spiro atoms. The minimum Gasteiger partial charge on any atom is -0.323 e. The molecule has 0 radical (unpaired) electrons. The Labute approximate surface area is 97.7 Å². The molecule has 0 aromatic carbocycles. The van der Waals surface area contributed by atoms with Gasteiger partial charge in [0.15, 0.2) is 0 Å². The summed E-state index contributed by atoms with van der Waals surface area (Å²) in [6.07, 6.45) is 1.07. The van der Waals surface area contributed by atoms with Crippen molar-refractivity contribution in [2.45, 2.75) is 52.5 Å². The van der Waals surface area contributed by atoms with Gasteiger partial charge in [-0.2, -0.15) is 0 Å². The standard InChI is InChI=1S/C13H23NS/c1-9(2)6-11(14)12-7-10(8-15-12)13(3,4)5/h7-9,11H,6,14H2,1-5H3. The molecule has 0 amide bonds. The normalized spacial score (nSPS) is 14.6. The Kier molecular flexibility index (Phi) is 3.96. The van der Waals surface area contributed by atoms with E-state index in [1.165, 1.54) is 10.4 Å². The van der Waals surface area contributed by atoms with Crippen LogP contribution in [0.5, 0.6) is 0 Å². The van der Waals surface area contributed by atoms with E-state index in [4.69, 9.17) is 5.73 Å². The van der Waals surface area contributed by atoms with Gasteiger partial charge in [-0.05, 0) is 34.8 Å². The molecule has 1 heterocycles. The number of nitrogens with two attached hydrogens (primary N) is 1. The van der Waals surface area contributed by atoms with Crippen LogP contribution in [0.4, 0.5) is 0 Å². The summed E-state index contributed by atoms with van der Waals surface area (Å²) < 4.78 is 0. The molecule has 1 aromatic heterocycles. The summed E-state index contributed by atoms with van der Waals surface area (Å²) in [6, 6.07) is 2.49. The zero-order valence-corrected chi connectivity index (χ0v) is 11.3. The van der Waals surface area contributed by atoms with Crippen LogP contribution in [0.1, 0.15) is 57.5 Å². The largest absolute Gasteiger partial charge is 0.323 e. The highest BCUT2D eigenvalue weighted by atomic mass is 32.1. The molecular weight excluding hydrogens is 202 g/mol. The first kappa shape index (κ1) is 12.7. The van der Waals surface area contributed by atoms with Crippen LogP contribution in [0.15, 0.2) is 11.4 Å². The molecule has 1 aromatic rings. The lowest BCUT2D eigenvalue weighted by molar-refractivity contribution is 0.514. The van der Waals surface area contributed by atoms with Crippen molar-refractivity contribution < 1.29 is 0 Å². The minimum absolute atomic E-state index is 0.214. The lowest BCUT2D eigenvalue weighted by atomic mass is 9.88. The van der Waals surface area contributed by atoms with Crippen LogP contribution in [0, 0.1) is 5.92 Å². The first-order valence-corrected chi connectivity index (χ1v) is 6.53. The van der Waals surface area contributed by atoms with Crippen LogP contribution < -0.4 is 5.73 Å². The van der Waals surface area contributed by atoms with Gasteiger partial charge in [-0.3, -0.25) is 0 Å². The van der Waals surface area contributed by atoms with Gasteiger partial charge in [-0.15, -0.1) is 11.3 Å². The highest BCUT2D eigenvalue weighted by Crippen LogP contribution is 2.31. The molecule has 0 aliphatic carbocycles. The maximum atomic E-state index is 6.16. The van der Waals surface area contributed by atoms with Crippen molar-refractivity contribution in [3.05, 3.63) is 21.9 Å².